The highest BCUT2D eigenvalue weighted by Gasteiger charge is 2.36. The van der Waals surface area contributed by atoms with Gasteiger partial charge in [-0.25, -0.2) is 4.52 Å². The lowest BCUT2D eigenvalue weighted by atomic mass is 10.2. The van der Waals surface area contributed by atoms with Gasteiger partial charge in [-0.1, -0.05) is 18.2 Å². The molecule has 0 aromatic heterocycles. The minimum Gasteiger partial charge on any atom is -0.365 e. The molecule has 1 aromatic carbocycles. The summed E-state index contributed by atoms with van der Waals surface area (Å²) in [5, 5.41) is 0. The maximum atomic E-state index is 11.0. The topological polar surface area (TPSA) is 58.4 Å². The van der Waals surface area contributed by atoms with Crippen molar-refractivity contribution < 1.29 is 18.5 Å². The zero-order valence-corrected chi connectivity index (χ0v) is 7.08. The van der Waals surface area contributed by atoms with Crippen LogP contribution in [0.3, 0.4) is 0 Å². The SMILES string of the molecule is O=P1([OH2+])OCc2ccccc2O1. The van der Waals surface area contributed by atoms with E-state index in [4.69, 9.17) is 13.9 Å². The first kappa shape index (κ1) is 7.80. The Bertz CT molecular complexity index is 349. The molecule has 0 saturated carbocycles. The summed E-state index contributed by atoms with van der Waals surface area (Å²) < 4.78 is 20.5. The van der Waals surface area contributed by atoms with Crippen LogP contribution in [0.5, 0.6) is 5.75 Å². The van der Waals surface area contributed by atoms with Crippen LogP contribution in [0.2, 0.25) is 0 Å². The normalized spacial score (nSPS) is 27.4. The Morgan fingerprint density at radius 1 is 1.42 bits per heavy atom. The molecule has 12 heavy (non-hydrogen) atoms. The van der Waals surface area contributed by atoms with Gasteiger partial charge in [-0.05, 0) is 6.07 Å². The molecule has 1 aliphatic rings. The van der Waals surface area contributed by atoms with Crippen LogP contribution in [-0.2, 0) is 15.7 Å². The Morgan fingerprint density at radius 2 is 2.17 bits per heavy atom. The lowest BCUT2D eigenvalue weighted by molar-refractivity contribution is 0.176. The van der Waals surface area contributed by atoms with Gasteiger partial charge in [0, 0.05) is 5.56 Å². The van der Waals surface area contributed by atoms with E-state index in [-0.39, 0.29) is 6.61 Å². The number of benzene rings is 1. The minimum atomic E-state index is -3.57. The lowest BCUT2D eigenvalue weighted by Gasteiger charge is -2.16. The molecule has 1 heterocycles. The highest BCUT2D eigenvalue weighted by molar-refractivity contribution is 7.47. The highest BCUT2D eigenvalue weighted by atomic mass is 31.2. The van der Waals surface area contributed by atoms with E-state index < -0.39 is 7.82 Å². The summed E-state index contributed by atoms with van der Waals surface area (Å²) in [6, 6.07) is 7.10. The average molecular weight is 187 g/mol. The van der Waals surface area contributed by atoms with Crippen LogP contribution in [0, 0.1) is 0 Å². The highest BCUT2D eigenvalue weighted by Crippen LogP contribution is 2.49. The van der Waals surface area contributed by atoms with Crippen molar-refractivity contribution in [2.75, 3.05) is 0 Å². The molecule has 1 atom stereocenters. The predicted molar refractivity (Wildman–Crippen MR) is 43.1 cm³/mol. The molecule has 1 aromatic rings. The third-order valence-corrected chi connectivity index (χ3v) is 2.49. The van der Waals surface area contributed by atoms with Crippen molar-refractivity contribution in [1.29, 1.82) is 0 Å². The van der Waals surface area contributed by atoms with Crippen molar-refractivity contribution in [2.24, 2.45) is 0 Å². The largest absolute Gasteiger partial charge is 0.693 e. The van der Waals surface area contributed by atoms with Gasteiger partial charge in [0.05, 0.1) is 6.61 Å². The molecule has 5 heteroatoms. The molecule has 0 amide bonds. The molecule has 2 rings (SSSR count). The first-order valence-electron chi connectivity index (χ1n) is 3.45. The first-order valence-corrected chi connectivity index (χ1v) is 4.99. The van der Waals surface area contributed by atoms with Crippen molar-refractivity contribution in [3.63, 3.8) is 0 Å². The van der Waals surface area contributed by atoms with Gasteiger partial charge in [0.1, 0.15) is 5.75 Å². The molecule has 2 N–H and O–H groups in total. The molecule has 0 spiro atoms. The number of hydrogen-bond acceptors (Lipinski definition) is 3. The van der Waals surface area contributed by atoms with Gasteiger partial charge < -0.3 is 9.42 Å². The second-order valence-electron chi connectivity index (χ2n) is 2.47. The van der Waals surface area contributed by atoms with E-state index in [9.17, 15) is 4.57 Å². The smallest absolute Gasteiger partial charge is 0.365 e. The molecule has 0 fully saturated rings. The van der Waals surface area contributed by atoms with Crippen LogP contribution >= 0.6 is 7.82 Å². The van der Waals surface area contributed by atoms with Crippen LogP contribution in [0.4, 0.5) is 0 Å². The Kier molecular flexibility index (Phi) is 1.68. The van der Waals surface area contributed by atoms with Crippen LogP contribution in [0.15, 0.2) is 24.3 Å². The molecule has 0 saturated heterocycles. The summed E-state index contributed by atoms with van der Waals surface area (Å²) in [5.74, 6) is 0.488. The molecular weight excluding hydrogens is 179 g/mol. The van der Waals surface area contributed by atoms with Gasteiger partial charge in [-0.2, -0.15) is 4.57 Å². The summed E-state index contributed by atoms with van der Waals surface area (Å²) >= 11 is 0. The Balaban J connectivity index is 2.42. The molecule has 64 valence electrons. The number of rotatable bonds is 0. The van der Waals surface area contributed by atoms with E-state index in [1.54, 1.807) is 12.1 Å². The summed E-state index contributed by atoms with van der Waals surface area (Å²) in [7, 11) is -3.57. The van der Waals surface area contributed by atoms with Crippen LogP contribution in [-0.4, -0.2) is 4.89 Å². The molecule has 0 aliphatic carbocycles. The quantitative estimate of drug-likeness (QED) is 0.456. The Labute approximate surface area is 69.4 Å². The van der Waals surface area contributed by atoms with Crippen molar-refractivity contribution in [3.8, 4) is 5.75 Å². The van der Waals surface area contributed by atoms with Gasteiger partial charge in [0.25, 0.3) is 0 Å². The number of hydrogen-bond donors (Lipinski definition) is 0. The first-order chi connectivity index (χ1) is 5.67. The van der Waals surface area contributed by atoms with E-state index in [0.29, 0.717) is 5.75 Å². The van der Waals surface area contributed by atoms with E-state index in [2.05, 4.69) is 0 Å². The second-order valence-corrected chi connectivity index (χ2v) is 3.91. The van der Waals surface area contributed by atoms with Gasteiger partial charge in [-0.15, -0.1) is 0 Å². The molecule has 0 radical (unpaired) electrons. The van der Waals surface area contributed by atoms with Gasteiger partial charge in [0.15, 0.2) is 0 Å². The monoisotopic (exact) mass is 187 g/mol. The lowest BCUT2D eigenvalue weighted by Crippen LogP contribution is -2.05. The molecular formula is C7H8O4P+. The molecule has 4 nitrogen and oxygen atoms in total. The zero-order valence-electron chi connectivity index (χ0n) is 6.19. The van der Waals surface area contributed by atoms with Gasteiger partial charge in [-0.3, -0.25) is 0 Å². The Hall–Kier alpha value is -0.830. The average Bonchev–Trinajstić information content (AvgIpc) is 2.02. The third kappa shape index (κ3) is 1.37. The summed E-state index contributed by atoms with van der Waals surface area (Å²) in [6.45, 7) is 0.191. The van der Waals surface area contributed by atoms with Crippen LogP contribution in [0.1, 0.15) is 5.56 Å². The number of para-hydroxylation sites is 1. The van der Waals surface area contributed by atoms with E-state index in [0.717, 1.165) is 5.56 Å². The van der Waals surface area contributed by atoms with Crippen LogP contribution < -0.4 is 4.52 Å². The second kappa shape index (κ2) is 2.59. The van der Waals surface area contributed by atoms with Gasteiger partial charge in [0.2, 0.25) is 0 Å². The van der Waals surface area contributed by atoms with E-state index in [1.807, 2.05) is 12.1 Å². The maximum absolute atomic E-state index is 11.0. The molecule has 0 bridgehead atoms. The summed E-state index contributed by atoms with van der Waals surface area (Å²) in [4.78, 5) is 7.07. The Morgan fingerprint density at radius 3 is 3.00 bits per heavy atom. The summed E-state index contributed by atoms with van der Waals surface area (Å²) in [5.41, 5.74) is 0.830. The predicted octanol–water partition coefficient (Wildman–Crippen LogP) is 1.43. The number of fused-ring (bicyclic) bond motifs is 1. The third-order valence-electron chi connectivity index (χ3n) is 1.58. The minimum absolute atomic E-state index is 0.191. The molecule has 1 unspecified atom stereocenters. The fourth-order valence-corrected chi connectivity index (χ4v) is 1.82. The van der Waals surface area contributed by atoms with E-state index in [1.165, 1.54) is 0 Å². The van der Waals surface area contributed by atoms with Crippen molar-refractivity contribution in [3.05, 3.63) is 29.8 Å². The van der Waals surface area contributed by atoms with E-state index >= 15 is 0 Å². The van der Waals surface area contributed by atoms with Crippen molar-refractivity contribution in [1.82, 2.24) is 0 Å². The standard InChI is InChI=1S/C7H7O4P/c8-12(9)10-5-6-3-1-2-4-7(6)11-12/h1-4H,5H2,(H,8,9)/p+1. The van der Waals surface area contributed by atoms with Crippen molar-refractivity contribution >= 4 is 7.82 Å². The fraction of sp³-hybridized carbons (Fsp3) is 0.143. The van der Waals surface area contributed by atoms with Gasteiger partial charge >= 0.3 is 7.82 Å². The van der Waals surface area contributed by atoms with Crippen molar-refractivity contribution in [2.45, 2.75) is 6.61 Å². The maximum Gasteiger partial charge on any atom is 0.693 e. The fourth-order valence-electron chi connectivity index (χ4n) is 1.02. The molecule has 1 aliphatic heterocycles. The zero-order chi connectivity index (χ0) is 8.60. The van der Waals surface area contributed by atoms with Crippen LogP contribution in [0.25, 0.3) is 0 Å². The summed E-state index contributed by atoms with van der Waals surface area (Å²) in [6.07, 6.45) is 0.